The molecular formula is C17H22N2O. The summed E-state index contributed by atoms with van der Waals surface area (Å²) >= 11 is 0. The molecule has 1 aromatic carbocycles. The van der Waals surface area contributed by atoms with Crippen LogP contribution < -0.4 is 10.1 Å². The Morgan fingerprint density at radius 2 is 1.70 bits per heavy atom. The maximum absolute atomic E-state index is 5.23. The molecule has 0 aliphatic rings. The van der Waals surface area contributed by atoms with Crippen molar-refractivity contribution in [2.24, 2.45) is 0 Å². The Labute approximate surface area is 121 Å². The fourth-order valence-electron chi connectivity index (χ4n) is 2.47. The van der Waals surface area contributed by atoms with E-state index in [1.165, 1.54) is 11.1 Å². The van der Waals surface area contributed by atoms with Gasteiger partial charge in [-0.25, -0.2) is 0 Å². The van der Waals surface area contributed by atoms with Gasteiger partial charge in [-0.3, -0.25) is 4.98 Å². The summed E-state index contributed by atoms with van der Waals surface area (Å²) in [5, 5.41) is 3.57. The molecule has 0 amide bonds. The van der Waals surface area contributed by atoms with Crippen molar-refractivity contribution in [1.82, 2.24) is 10.3 Å². The number of nitrogens with one attached hydrogen (secondary N) is 1. The van der Waals surface area contributed by atoms with Crippen molar-refractivity contribution in [1.29, 1.82) is 0 Å². The largest absolute Gasteiger partial charge is 0.497 e. The molecule has 0 saturated carbocycles. The topological polar surface area (TPSA) is 34.1 Å². The normalized spacial score (nSPS) is 13.8. The van der Waals surface area contributed by atoms with Crippen LogP contribution in [0.5, 0.6) is 5.75 Å². The predicted octanol–water partition coefficient (Wildman–Crippen LogP) is 3.54. The Morgan fingerprint density at radius 1 is 1.05 bits per heavy atom. The summed E-state index contributed by atoms with van der Waals surface area (Å²) in [6.07, 6.45) is 3.70. The minimum absolute atomic E-state index is 0.285. The monoisotopic (exact) mass is 270 g/mol. The van der Waals surface area contributed by atoms with Gasteiger partial charge in [0.2, 0.25) is 0 Å². The van der Waals surface area contributed by atoms with Crippen molar-refractivity contribution in [2.75, 3.05) is 13.7 Å². The number of likely N-dealkylation sites (N-methyl/N-ethyl adjacent to an activating group) is 1. The average Bonchev–Trinajstić information content (AvgIpc) is 2.53. The number of hydrogen-bond acceptors (Lipinski definition) is 3. The zero-order valence-electron chi connectivity index (χ0n) is 12.3. The van der Waals surface area contributed by atoms with Gasteiger partial charge in [-0.2, -0.15) is 0 Å². The summed E-state index contributed by atoms with van der Waals surface area (Å²) < 4.78 is 5.23. The Hall–Kier alpha value is -1.87. The lowest BCUT2D eigenvalue weighted by molar-refractivity contribution is 0.413. The Kier molecular flexibility index (Phi) is 5.13. The van der Waals surface area contributed by atoms with Gasteiger partial charge >= 0.3 is 0 Å². The minimum Gasteiger partial charge on any atom is -0.497 e. The van der Waals surface area contributed by atoms with Gasteiger partial charge < -0.3 is 10.1 Å². The van der Waals surface area contributed by atoms with Crippen molar-refractivity contribution < 1.29 is 4.74 Å². The van der Waals surface area contributed by atoms with E-state index < -0.39 is 0 Å². The molecule has 0 radical (unpaired) electrons. The van der Waals surface area contributed by atoms with Crippen LogP contribution in [0.4, 0.5) is 0 Å². The number of hydrogen-bond donors (Lipinski definition) is 1. The summed E-state index contributed by atoms with van der Waals surface area (Å²) in [4.78, 5) is 4.09. The predicted molar refractivity (Wildman–Crippen MR) is 82.1 cm³/mol. The summed E-state index contributed by atoms with van der Waals surface area (Å²) in [6, 6.07) is 12.7. The number of methoxy groups -OCH3 is 1. The second-order valence-electron chi connectivity index (χ2n) is 4.88. The van der Waals surface area contributed by atoms with Crippen molar-refractivity contribution in [2.45, 2.75) is 25.8 Å². The van der Waals surface area contributed by atoms with Crippen LogP contribution in [-0.2, 0) is 0 Å². The lowest BCUT2D eigenvalue weighted by Gasteiger charge is -2.26. The summed E-state index contributed by atoms with van der Waals surface area (Å²) in [5.74, 6) is 1.27. The van der Waals surface area contributed by atoms with Crippen LogP contribution in [0.3, 0.4) is 0 Å². The van der Waals surface area contributed by atoms with Crippen molar-refractivity contribution in [3.05, 3.63) is 59.9 Å². The fraction of sp³-hybridized carbons (Fsp3) is 0.353. The molecule has 0 spiro atoms. The van der Waals surface area contributed by atoms with E-state index in [1.54, 1.807) is 7.11 Å². The zero-order valence-corrected chi connectivity index (χ0v) is 12.3. The first kappa shape index (κ1) is 14.5. The van der Waals surface area contributed by atoms with E-state index in [4.69, 9.17) is 4.74 Å². The van der Waals surface area contributed by atoms with Gasteiger partial charge in [0, 0.05) is 24.4 Å². The molecular weight excluding hydrogens is 248 g/mol. The molecule has 2 rings (SSSR count). The Morgan fingerprint density at radius 3 is 2.25 bits per heavy atom. The van der Waals surface area contributed by atoms with Crippen LogP contribution in [0.1, 0.15) is 36.9 Å². The van der Waals surface area contributed by atoms with E-state index in [0.29, 0.717) is 5.92 Å². The van der Waals surface area contributed by atoms with Gasteiger partial charge in [0.25, 0.3) is 0 Å². The van der Waals surface area contributed by atoms with E-state index in [-0.39, 0.29) is 6.04 Å². The molecule has 0 saturated heterocycles. The van der Waals surface area contributed by atoms with Crippen LogP contribution in [0, 0.1) is 0 Å². The smallest absolute Gasteiger partial charge is 0.118 e. The van der Waals surface area contributed by atoms with E-state index in [2.05, 4.69) is 48.4 Å². The van der Waals surface area contributed by atoms with Gasteiger partial charge in [-0.15, -0.1) is 0 Å². The van der Waals surface area contributed by atoms with E-state index >= 15 is 0 Å². The zero-order chi connectivity index (χ0) is 14.4. The molecule has 20 heavy (non-hydrogen) atoms. The number of rotatable bonds is 6. The summed E-state index contributed by atoms with van der Waals surface area (Å²) in [5.41, 5.74) is 2.57. The van der Waals surface area contributed by atoms with Gasteiger partial charge in [0.15, 0.2) is 0 Å². The van der Waals surface area contributed by atoms with Crippen LogP contribution in [0.2, 0.25) is 0 Å². The maximum atomic E-state index is 5.23. The molecule has 0 fully saturated rings. The van der Waals surface area contributed by atoms with Crippen molar-refractivity contribution >= 4 is 0 Å². The van der Waals surface area contributed by atoms with Gasteiger partial charge in [-0.05, 0) is 41.9 Å². The van der Waals surface area contributed by atoms with Gasteiger partial charge in [0.05, 0.1) is 7.11 Å². The second kappa shape index (κ2) is 7.06. The van der Waals surface area contributed by atoms with Crippen molar-refractivity contribution in [3.63, 3.8) is 0 Å². The number of aromatic nitrogens is 1. The molecule has 106 valence electrons. The van der Waals surface area contributed by atoms with Crippen LogP contribution in [-0.4, -0.2) is 18.6 Å². The summed E-state index contributed by atoms with van der Waals surface area (Å²) in [6.45, 7) is 5.31. The molecule has 3 heteroatoms. The van der Waals surface area contributed by atoms with Crippen LogP contribution in [0.15, 0.2) is 48.8 Å². The standard InChI is InChI=1S/C17H22N2O/c1-4-19-17(13(2)14-9-11-18-12-10-14)15-5-7-16(20-3)8-6-15/h5-13,17,19H,4H2,1-3H3. The lowest BCUT2D eigenvalue weighted by Crippen LogP contribution is -2.25. The average molecular weight is 270 g/mol. The first-order valence-corrected chi connectivity index (χ1v) is 7.03. The second-order valence-corrected chi connectivity index (χ2v) is 4.88. The Bertz CT molecular complexity index is 510. The van der Waals surface area contributed by atoms with Crippen LogP contribution in [0.25, 0.3) is 0 Å². The molecule has 2 unspecified atom stereocenters. The first-order valence-electron chi connectivity index (χ1n) is 7.03. The number of ether oxygens (including phenoxy) is 1. The first-order chi connectivity index (χ1) is 9.76. The lowest BCUT2D eigenvalue weighted by atomic mass is 9.89. The van der Waals surface area contributed by atoms with E-state index in [0.717, 1.165) is 12.3 Å². The van der Waals surface area contributed by atoms with Crippen molar-refractivity contribution in [3.8, 4) is 5.75 Å². The summed E-state index contributed by atoms with van der Waals surface area (Å²) in [7, 11) is 1.69. The fourth-order valence-corrected chi connectivity index (χ4v) is 2.47. The third kappa shape index (κ3) is 3.36. The highest BCUT2D eigenvalue weighted by Crippen LogP contribution is 2.31. The van der Waals surface area contributed by atoms with Crippen LogP contribution >= 0.6 is 0 Å². The number of pyridine rings is 1. The van der Waals surface area contributed by atoms with E-state index in [1.807, 2.05) is 24.5 Å². The molecule has 2 atom stereocenters. The number of nitrogens with zero attached hydrogens (tertiary/aromatic N) is 1. The van der Waals surface area contributed by atoms with E-state index in [9.17, 15) is 0 Å². The SMILES string of the molecule is CCNC(c1ccc(OC)cc1)C(C)c1ccncc1. The minimum atomic E-state index is 0.285. The molecule has 0 aliphatic carbocycles. The Balaban J connectivity index is 2.25. The highest BCUT2D eigenvalue weighted by Gasteiger charge is 2.19. The number of benzene rings is 1. The highest BCUT2D eigenvalue weighted by molar-refractivity contribution is 5.32. The molecule has 1 heterocycles. The molecule has 0 aliphatic heterocycles. The molecule has 3 nitrogen and oxygen atoms in total. The molecule has 2 aromatic rings. The molecule has 1 N–H and O–H groups in total. The quantitative estimate of drug-likeness (QED) is 0.871. The van der Waals surface area contributed by atoms with Gasteiger partial charge in [0.1, 0.15) is 5.75 Å². The third-order valence-electron chi connectivity index (χ3n) is 3.63. The molecule has 0 bridgehead atoms. The molecule has 1 aromatic heterocycles. The van der Waals surface area contributed by atoms with Gasteiger partial charge in [-0.1, -0.05) is 26.0 Å². The third-order valence-corrected chi connectivity index (χ3v) is 3.63. The maximum Gasteiger partial charge on any atom is 0.118 e. The highest BCUT2D eigenvalue weighted by atomic mass is 16.5.